The van der Waals surface area contributed by atoms with E-state index in [1.165, 1.54) is 0 Å². The monoisotopic (exact) mass is 415 g/mol. The zero-order valence-electron chi connectivity index (χ0n) is 14.1. The maximum atomic E-state index is 12.3. The topological polar surface area (TPSA) is 58.8 Å². The van der Waals surface area contributed by atoms with Crippen LogP contribution in [-0.4, -0.2) is 42.3 Å². The highest BCUT2D eigenvalue weighted by Crippen LogP contribution is 2.29. The number of halogens is 1. The Hall–Kier alpha value is -2.54. The normalized spacial score (nSPS) is 14.7. The van der Waals surface area contributed by atoms with Gasteiger partial charge >= 0.3 is 6.09 Å². The lowest BCUT2D eigenvalue weighted by molar-refractivity contribution is 0.0941. The highest BCUT2D eigenvalue weighted by Gasteiger charge is 2.25. The molecule has 26 heavy (non-hydrogen) atoms. The molecule has 0 unspecified atom stereocenters. The molecule has 6 nitrogen and oxygen atoms in total. The summed E-state index contributed by atoms with van der Waals surface area (Å²) in [6.45, 7) is 2.86. The van der Waals surface area contributed by atoms with Crippen molar-refractivity contribution < 1.29 is 14.1 Å². The van der Waals surface area contributed by atoms with Gasteiger partial charge < -0.3 is 19.1 Å². The van der Waals surface area contributed by atoms with E-state index in [1.807, 2.05) is 48.5 Å². The van der Waals surface area contributed by atoms with Crippen LogP contribution in [-0.2, 0) is 11.3 Å². The first-order chi connectivity index (χ1) is 12.7. The van der Waals surface area contributed by atoms with E-state index in [4.69, 9.17) is 9.26 Å². The number of anilines is 1. The van der Waals surface area contributed by atoms with Crippen LogP contribution in [0.15, 0.2) is 57.5 Å². The molecule has 2 heterocycles. The average molecular weight is 416 g/mol. The van der Waals surface area contributed by atoms with E-state index in [9.17, 15) is 4.79 Å². The zero-order chi connectivity index (χ0) is 17.9. The summed E-state index contributed by atoms with van der Waals surface area (Å²) in [6.07, 6.45) is -0.277. The maximum Gasteiger partial charge on any atom is 0.410 e. The Kier molecular flexibility index (Phi) is 4.79. The number of amides is 1. The summed E-state index contributed by atoms with van der Waals surface area (Å²) in [5.74, 6) is 0.818. The SMILES string of the molecule is O=C(OCc1ccccc1)N1CCN(c2noc3ccc(Br)cc23)CC1. The van der Waals surface area contributed by atoms with E-state index in [1.54, 1.807) is 4.90 Å². The number of aromatic nitrogens is 1. The molecule has 3 aromatic rings. The molecular weight excluding hydrogens is 398 g/mol. The second-order valence-electron chi connectivity index (χ2n) is 6.16. The first-order valence-corrected chi connectivity index (χ1v) is 9.25. The van der Waals surface area contributed by atoms with Crippen LogP contribution >= 0.6 is 15.9 Å². The molecule has 0 aliphatic carbocycles. The van der Waals surface area contributed by atoms with Crippen molar-refractivity contribution in [3.8, 4) is 0 Å². The fourth-order valence-electron chi connectivity index (χ4n) is 3.04. The summed E-state index contributed by atoms with van der Waals surface area (Å²) in [4.78, 5) is 16.1. The summed E-state index contributed by atoms with van der Waals surface area (Å²) in [7, 11) is 0. The van der Waals surface area contributed by atoms with Gasteiger partial charge in [0.05, 0.1) is 5.39 Å². The zero-order valence-corrected chi connectivity index (χ0v) is 15.7. The Balaban J connectivity index is 1.36. The molecular formula is C19H18BrN3O3. The van der Waals surface area contributed by atoms with Crippen LogP contribution in [0.5, 0.6) is 0 Å². The van der Waals surface area contributed by atoms with Crippen molar-refractivity contribution >= 4 is 38.8 Å². The van der Waals surface area contributed by atoms with E-state index < -0.39 is 0 Å². The number of ether oxygens (including phenoxy) is 1. The molecule has 0 spiro atoms. The Morgan fingerprint density at radius 2 is 1.88 bits per heavy atom. The van der Waals surface area contributed by atoms with Crippen molar-refractivity contribution in [3.63, 3.8) is 0 Å². The Bertz CT molecular complexity index is 905. The number of carbonyl (C=O) groups excluding carboxylic acids is 1. The van der Waals surface area contributed by atoms with Gasteiger partial charge in [0.25, 0.3) is 0 Å². The molecule has 134 valence electrons. The number of hydrogen-bond acceptors (Lipinski definition) is 5. The molecule has 1 aliphatic rings. The van der Waals surface area contributed by atoms with Gasteiger partial charge in [-0.1, -0.05) is 51.4 Å². The van der Waals surface area contributed by atoms with Crippen molar-refractivity contribution in [2.45, 2.75) is 6.61 Å². The smallest absolute Gasteiger partial charge is 0.410 e. The van der Waals surface area contributed by atoms with Crippen LogP contribution in [0.25, 0.3) is 11.0 Å². The molecule has 0 atom stereocenters. The molecule has 1 aliphatic heterocycles. The minimum atomic E-state index is -0.277. The van der Waals surface area contributed by atoms with Gasteiger partial charge in [-0.2, -0.15) is 0 Å². The minimum absolute atomic E-state index is 0.277. The molecule has 0 radical (unpaired) electrons. The Morgan fingerprint density at radius 1 is 1.12 bits per heavy atom. The lowest BCUT2D eigenvalue weighted by Crippen LogP contribution is -2.49. The molecule has 0 N–H and O–H groups in total. The lowest BCUT2D eigenvalue weighted by atomic mass is 10.2. The number of hydrogen-bond donors (Lipinski definition) is 0. The molecule has 1 amide bonds. The van der Waals surface area contributed by atoms with E-state index in [0.29, 0.717) is 32.8 Å². The minimum Gasteiger partial charge on any atom is -0.445 e. The molecule has 0 bridgehead atoms. The van der Waals surface area contributed by atoms with Gasteiger partial charge in [-0.05, 0) is 23.8 Å². The summed E-state index contributed by atoms with van der Waals surface area (Å²) < 4.78 is 11.8. The first-order valence-electron chi connectivity index (χ1n) is 8.46. The highest BCUT2D eigenvalue weighted by atomic mass is 79.9. The van der Waals surface area contributed by atoms with Crippen LogP contribution in [0.1, 0.15) is 5.56 Å². The maximum absolute atomic E-state index is 12.3. The number of nitrogens with zero attached hydrogens (tertiary/aromatic N) is 3. The van der Waals surface area contributed by atoms with Crippen molar-refractivity contribution in [1.29, 1.82) is 0 Å². The fourth-order valence-corrected chi connectivity index (χ4v) is 3.40. The van der Waals surface area contributed by atoms with Gasteiger partial charge in [-0.3, -0.25) is 0 Å². The number of piperazine rings is 1. The molecule has 1 aromatic heterocycles. The van der Waals surface area contributed by atoms with Gasteiger partial charge in [0.2, 0.25) is 0 Å². The largest absolute Gasteiger partial charge is 0.445 e. The summed E-state index contributed by atoms with van der Waals surface area (Å²) in [6, 6.07) is 15.5. The molecule has 0 saturated carbocycles. The van der Waals surface area contributed by atoms with Crippen molar-refractivity contribution in [3.05, 3.63) is 58.6 Å². The third kappa shape index (κ3) is 3.53. The standard InChI is InChI=1S/C19H18BrN3O3/c20-15-6-7-17-16(12-15)18(21-26-17)22-8-10-23(11-9-22)19(24)25-13-14-4-2-1-3-5-14/h1-7,12H,8-11,13H2. The summed E-state index contributed by atoms with van der Waals surface area (Å²) >= 11 is 3.48. The van der Waals surface area contributed by atoms with Crippen LogP contribution in [0.2, 0.25) is 0 Å². The number of rotatable bonds is 3. The van der Waals surface area contributed by atoms with Gasteiger partial charge in [0.1, 0.15) is 6.61 Å². The van der Waals surface area contributed by atoms with Gasteiger partial charge in [0.15, 0.2) is 11.4 Å². The number of carbonyl (C=O) groups is 1. The number of benzene rings is 2. The van der Waals surface area contributed by atoms with Crippen molar-refractivity contribution in [2.24, 2.45) is 0 Å². The molecule has 2 aromatic carbocycles. The number of fused-ring (bicyclic) bond motifs is 1. The summed E-state index contributed by atoms with van der Waals surface area (Å²) in [5.41, 5.74) is 1.74. The molecule has 1 fully saturated rings. The quantitative estimate of drug-likeness (QED) is 0.645. The molecule has 7 heteroatoms. The second kappa shape index (κ2) is 7.37. The van der Waals surface area contributed by atoms with E-state index in [2.05, 4.69) is 26.0 Å². The Morgan fingerprint density at radius 3 is 2.65 bits per heavy atom. The second-order valence-corrected chi connectivity index (χ2v) is 7.08. The van der Waals surface area contributed by atoms with Crippen LogP contribution < -0.4 is 4.90 Å². The van der Waals surface area contributed by atoms with Crippen LogP contribution in [0.4, 0.5) is 10.6 Å². The van der Waals surface area contributed by atoms with Crippen molar-refractivity contribution in [1.82, 2.24) is 10.1 Å². The third-order valence-electron chi connectivity index (χ3n) is 4.46. The first kappa shape index (κ1) is 16.9. The molecule has 1 saturated heterocycles. The third-order valence-corrected chi connectivity index (χ3v) is 4.95. The predicted molar refractivity (Wildman–Crippen MR) is 102 cm³/mol. The van der Waals surface area contributed by atoms with Crippen LogP contribution in [0.3, 0.4) is 0 Å². The highest BCUT2D eigenvalue weighted by molar-refractivity contribution is 9.10. The van der Waals surface area contributed by atoms with Gasteiger partial charge in [0, 0.05) is 30.7 Å². The van der Waals surface area contributed by atoms with Gasteiger partial charge in [-0.25, -0.2) is 4.79 Å². The Labute approximate surface area is 159 Å². The fraction of sp³-hybridized carbons (Fsp3) is 0.263. The average Bonchev–Trinajstić information content (AvgIpc) is 3.10. The van der Waals surface area contributed by atoms with E-state index in [0.717, 1.165) is 26.8 Å². The van der Waals surface area contributed by atoms with E-state index in [-0.39, 0.29) is 6.09 Å². The van der Waals surface area contributed by atoms with Gasteiger partial charge in [-0.15, -0.1) is 0 Å². The molecule has 4 rings (SSSR count). The van der Waals surface area contributed by atoms with Crippen LogP contribution in [0, 0.1) is 0 Å². The van der Waals surface area contributed by atoms with Crippen molar-refractivity contribution in [2.75, 3.05) is 31.1 Å². The summed E-state index contributed by atoms with van der Waals surface area (Å²) in [5, 5.41) is 5.17. The van der Waals surface area contributed by atoms with E-state index >= 15 is 0 Å². The lowest BCUT2D eigenvalue weighted by Gasteiger charge is -2.34. The predicted octanol–water partition coefficient (Wildman–Crippen LogP) is 4.05.